The molecule has 0 radical (unpaired) electrons. The Bertz CT molecular complexity index is 529. The number of nitrogens with zero attached hydrogens (tertiary/aromatic N) is 2. The van der Waals surface area contributed by atoms with Crippen LogP contribution in [0.2, 0.25) is 0 Å². The second kappa shape index (κ2) is 5.58. The van der Waals surface area contributed by atoms with Crippen LogP contribution in [0.5, 0.6) is 0 Å². The molecular formula is C14H16N2O2. The van der Waals surface area contributed by atoms with Crippen LogP contribution in [0.25, 0.3) is 11.4 Å². The van der Waals surface area contributed by atoms with Crippen LogP contribution in [0.1, 0.15) is 31.2 Å². The lowest BCUT2D eigenvalue weighted by atomic mass is 10.1. The Morgan fingerprint density at radius 3 is 2.67 bits per heavy atom. The van der Waals surface area contributed by atoms with Gasteiger partial charge in [-0.05, 0) is 13.3 Å². The number of rotatable bonds is 5. The van der Waals surface area contributed by atoms with Crippen LogP contribution in [-0.4, -0.2) is 15.9 Å². The van der Waals surface area contributed by atoms with Gasteiger partial charge in [-0.2, -0.15) is 4.98 Å². The van der Waals surface area contributed by atoms with Gasteiger partial charge in [-0.25, -0.2) is 0 Å². The largest absolute Gasteiger partial charge is 0.339 e. The molecule has 0 atom stereocenters. The molecular weight excluding hydrogens is 228 g/mol. The second-order valence-electron chi connectivity index (χ2n) is 4.34. The monoisotopic (exact) mass is 244 g/mol. The number of hydrogen-bond acceptors (Lipinski definition) is 4. The molecule has 94 valence electrons. The number of hydrogen-bond donors (Lipinski definition) is 0. The molecule has 1 aromatic heterocycles. The van der Waals surface area contributed by atoms with Gasteiger partial charge in [0.1, 0.15) is 5.78 Å². The summed E-state index contributed by atoms with van der Waals surface area (Å²) >= 11 is 0. The number of carbonyl (C=O) groups is 1. The molecule has 1 aromatic carbocycles. The van der Waals surface area contributed by atoms with Crippen molar-refractivity contribution in [1.82, 2.24) is 10.1 Å². The molecule has 0 spiro atoms. The summed E-state index contributed by atoms with van der Waals surface area (Å²) in [5.41, 5.74) is 2.08. The van der Waals surface area contributed by atoms with Gasteiger partial charge in [-0.1, -0.05) is 41.9 Å². The first-order chi connectivity index (χ1) is 8.69. The topological polar surface area (TPSA) is 56.0 Å². The third kappa shape index (κ3) is 3.03. The van der Waals surface area contributed by atoms with Crippen LogP contribution < -0.4 is 0 Å². The fourth-order valence-electron chi connectivity index (χ4n) is 1.68. The summed E-state index contributed by atoms with van der Waals surface area (Å²) in [6, 6.07) is 7.87. The van der Waals surface area contributed by atoms with E-state index in [1.807, 2.05) is 38.1 Å². The molecule has 4 heteroatoms. The zero-order valence-electron chi connectivity index (χ0n) is 10.6. The maximum Gasteiger partial charge on any atom is 0.234 e. The molecule has 18 heavy (non-hydrogen) atoms. The minimum atomic E-state index is 0.136. The highest BCUT2D eigenvalue weighted by atomic mass is 16.5. The van der Waals surface area contributed by atoms with Crippen LogP contribution in [0.15, 0.2) is 28.8 Å². The molecule has 0 aliphatic heterocycles. The third-order valence-corrected chi connectivity index (χ3v) is 2.66. The predicted molar refractivity (Wildman–Crippen MR) is 68.1 cm³/mol. The van der Waals surface area contributed by atoms with Gasteiger partial charge >= 0.3 is 0 Å². The van der Waals surface area contributed by atoms with Crippen molar-refractivity contribution in [3.63, 3.8) is 0 Å². The Balaban J connectivity index is 2.10. The molecule has 0 bridgehead atoms. The molecule has 0 aliphatic rings. The summed E-state index contributed by atoms with van der Waals surface area (Å²) in [4.78, 5) is 15.7. The van der Waals surface area contributed by atoms with Gasteiger partial charge < -0.3 is 4.52 Å². The van der Waals surface area contributed by atoms with E-state index in [0.717, 1.165) is 12.0 Å². The normalized spacial score (nSPS) is 10.6. The van der Waals surface area contributed by atoms with E-state index in [1.54, 1.807) is 0 Å². The van der Waals surface area contributed by atoms with Crippen molar-refractivity contribution < 1.29 is 9.32 Å². The Morgan fingerprint density at radius 1 is 1.28 bits per heavy atom. The summed E-state index contributed by atoms with van der Waals surface area (Å²) in [6.45, 7) is 4.00. The molecule has 0 saturated carbocycles. The molecule has 0 unspecified atom stereocenters. The van der Waals surface area contributed by atoms with Gasteiger partial charge in [-0.3, -0.25) is 4.79 Å². The number of ketones is 1. The molecule has 0 saturated heterocycles. The molecule has 0 aliphatic carbocycles. The number of benzene rings is 1. The van der Waals surface area contributed by atoms with Crippen LogP contribution in [0, 0.1) is 6.92 Å². The average molecular weight is 244 g/mol. The van der Waals surface area contributed by atoms with E-state index in [9.17, 15) is 4.79 Å². The molecule has 0 N–H and O–H groups in total. The Kier molecular flexibility index (Phi) is 3.87. The quantitative estimate of drug-likeness (QED) is 0.811. The fraction of sp³-hybridized carbons (Fsp3) is 0.357. The van der Waals surface area contributed by atoms with E-state index in [4.69, 9.17) is 4.52 Å². The standard InChI is InChI=1S/C14H16N2O2/c1-3-4-12(17)9-13-15-14(16-18-13)11-7-5-10(2)6-8-11/h5-8H,3-4,9H2,1-2H3. The van der Waals surface area contributed by atoms with Crippen molar-refractivity contribution in [2.24, 2.45) is 0 Å². The van der Waals surface area contributed by atoms with E-state index in [-0.39, 0.29) is 12.2 Å². The van der Waals surface area contributed by atoms with Crippen molar-refractivity contribution in [3.05, 3.63) is 35.7 Å². The van der Waals surface area contributed by atoms with Crippen molar-refractivity contribution in [3.8, 4) is 11.4 Å². The highest BCUT2D eigenvalue weighted by molar-refractivity contribution is 5.79. The number of aryl methyl sites for hydroxylation is 1. The van der Waals surface area contributed by atoms with E-state index in [1.165, 1.54) is 5.56 Å². The Hall–Kier alpha value is -1.97. The molecule has 4 nitrogen and oxygen atoms in total. The summed E-state index contributed by atoms with van der Waals surface area (Å²) < 4.78 is 5.08. The first kappa shape index (κ1) is 12.5. The third-order valence-electron chi connectivity index (χ3n) is 2.66. The predicted octanol–water partition coefficient (Wildman–Crippen LogP) is 2.96. The highest BCUT2D eigenvalue weighted by Crippen LogP contribution is 2.16. The van der Waals surface area contributed by atoms with Crippen LogP contribution in [0.3, 0.4) is 0 Å². The molecule has 0 fully saturated rings. The van der Waals surface area contributed by atoms with Gasteiger partial charge in [0.2, 0.25) is 11.7 Å². The Morgan fingerprint density at radius 2 is 2.00 bits per heavy atom. The summed E-state index contributed by atoms with van der Waals surface area (Å²) in [5, 5.41) is 3.89. The minimum Gasteiger partial charge on any atom is -0.339 e. The van der Waals surface area contributed by atoms with Crippen LogP contribution >= 0.6 is 0 Å². The van der Waals surface area contributed by atoms with Gasteiger partial charge in [0.25, 0.3) is 0 Å². The lowest BCUT2D eigenvalue weighted by Crippen LogP contribution is -2.01. The van der Waals surface area contributed by atoms with Crippen molar-refractivity contribution in [2.45, 2.75) is 33.1 Å². The minimum absolute atomic E-state index is 0.136. The van der Waals surface area contributed by atoms with E-state index >= 15 is 0 Å². The van der Waals surface area contributed by atoms with E-state index < -0.39 is 0 Å². The number of aromatic nitrogens is 2. The number of carbonyl (C=O) groups excluding carboxylic acids is 1. The van der Waals surface area contributed by atoms with Gasteiger partial charge in [0, 0.05) is 12.0 Å². The Labute approximate surface area is 106 Å². The highest BCUT2D eigenvalue weighted by Gasteiger charge is 2.11. The van der Waals surface area contributed by atoms with E-state index in [0.29, 0.717) is 18.1 Å². The van der Waals surface area contributed by atoms with E-state index in [2.05, 4.69) is 10.1 Å². The molecule has 2 aromatic rings. The van der Waals surface area contributed by atoms with Crippen molar-refractivity contribution >= 4 is 5.78 Å². The van der Waals surface area contributed by atoms with Crippen molar-refractivity contribution in [1.29, 1.82) is 0 Å². The molecule has 1 heterocycles. The maximum absolute atomic E-state index is 11.5. The fourth-order valence-corrected chi connectivity index (χ4v) is 1.68. The zero-order chi connectivity index (χ0) is 13.0. The summed E-state index contributed by atoms with van der Waals surface area (Å²) in [6.07, 6.45) is 1.63. The summed E-state index contributed by atoms with van der Waals surface area (Å²) in [7, 11) is 0. The zero-order valence-corrected chi connectivity index (χ0v) is 10.6. The maximum atomic E-state index is 11.5. The van der Waals surface area contributed by atoms with Gasteiger partial charge in [0.15, 0.2) is 0 Å². The van der Waals surface area contributed by atoms with Gasteiger partial charge in [-0.15, -0.1) is 0 Å². The SMILES string of the molecule is CCCC(=O)Cc1nc(-c2ccc(C)cc2)no1. The van der Waals surface area contributed by atoms with Gasteiger partial charge in [0.05, 0.1) is 6.42 Å². The second-order valence-corrected chi connectivity index (χ2v) is 4.34. The lowest BCUT2D eigenvalue weighted by Gasteiger charge is -1.94. The average Bonchev–Trinajstić information content (AvgIpc) is 2.78. The smallest absolute Gasteiger partial charge is 0.234 e. The summed E-state index contributed by atoms with van der Waals surface area (Å²) in [5.74, 6) is 1.06. The first-order valence-electron chi connectivity index (χ1n) is 6.10. The van der Waals surface area contributed by atoms with Crippen molar-refractivity contribution in [2.75, 3.05) is 0 Å². The molecule has 0 amide bonds. The van der Waals surface area contributed by atoms with Crippen LogP contribution in [0.4, 0.5) is 0 Å². The van der Waals surface area contributed by atoms with Crippen LogP contribution in [-0.2, 0) is 11.2 Å². The lowest BCUT2D eigenvalue weighted by molar-refractivity contribution is -0.118. The first-order valence-corrected chi connectivity index (χ1v) is 6.10. The molecule has 2 rings (SSSR count). The number of Topliss-reactive ketones (excluding diaryl/α,β-unsaturated/α-hetero) is 1.